The molecule has 1 aromatic carbocycles. The molecule has 0 radical (unpaired) electrons. The van der Waals surface area contributed by atoms with Crippen LogP contribution >= 0.6 is 0 Å². The number of aromatic hydroxyl groups is 1. The average molecular weight is 286 g/mol. The smallest absolute Gasteiger partial charge is 0.161 e. The number of hydrogen-bond donors (Lipinski definition) is 1. The van der Waals surface area contributed by atoms with E-state index in [2.05, 4.69) is 6.92 Å². The second-order valence-electron chi connectivity index (χ2n) is 6.94. The van der Waals surface area contributed by atoms with Gasteiger partial charge < -0.3 is 9.84 Å². The number of ether oxygens (including phenoxy) is 1. The molecule has 21 heavy (non-hydrogen) atoms. The van der Waals surface area contributed by atoms with E-state index in [1.807, 2.05) is 32.1 Å². The van der Waals surface area contributed by atoms with Crippen LogP contribution in [0.15, 0.2) is 24.3 Å². The maximum absolute atomic E-state index is 12.2. The number of rotatable bonds is 1. The first-order chi connectivity index (χ1) is 9.82. The molecule has 2 unspecified atom stereocenters. The fourth-order valence-corrected chi connectivity index (χ4v) is 4.27. The van der Waals surface area contributed by atoms with Gasteiger partial charge in [-0.15, -0.1) is 0 Å². The van der Waals surface area contributed by atoms with Gasteiger partial charge in [0.05, 0.1) is 7.11 Å². The number of phenols is 1. The van der Waals surface area contributed by atoms with Gasteiger partial charge in [-0.25, -0.2) is 0 Å². The lowest BCUT2D eigenvalue weighted by molar-refractivity contribution is -0.127. The monoisotopic (exact) mass is 286 g/mol. The highest BCUT2D eigenvalue weighted by Gasteiger charge is 2.51. The number of hydrogen-bond acceptors (Lipinski definition) is 3. The Morgan fingerprint density at radius 3 is 2.67 bits per heavy atom. The summed E-state index contributed by atoms with van der Waals surface area (Å²) >= 11 is 0. The Morgan fingerprint density at radius 1 is 1.29 bits per heavy atom. The molecule has 2 atom stereocenters. The molecular formula is C18H22O3. The van der Waals surface area contributed by atoms with E-state index < -0.39 is 0 Å². The summed E-state index contributed by atoms with van der Waals surface area (Å²) in [5.41, 5.74) is 1.50. The van der Waals surface area contributed by atoms with E-state index in [0.29, 0.717) is 5.75 Å². The third-order valence-electron chi connectivity index (χ3n) is 5.54. The van der Waals surface area contributed by atoms with E-state index in [4.69, 9.17) is 4.74 Å². The van der Waals surface area contributed by atoms with Crippen molar-refractivity contribution in [2.45, 2.75) is 39.0 Å². The van der Waals surface area contributed by atoms with E-state index in [-0.39, 0.29) is 28.3 Å². The van der Waals surface area contributed by atoms with Crippen LogP contribution in [0.25, 0.3) is 0 Å². The maximum Gasteiger partial charge on any atom is 0.161 e. The first-order valence-electron chi connectivity index (χ1n) is 7.45. The molecule has 3 nitrogen and oxygen atoms in total. The summed E-state index contributed by atoms with van der Waals surface area (Å²) in [6.45, 7) is 6.25. The van der Waals surface area contributed by atoms with Crippen LogP contribution in [0.5, 0.6) is 11.5 Å². The van der Waals surface area contributed by atoms with Gasteiger partial charge in [-0.05, 0) is 36.5 Å². The molecule has 112 valence electrons. The largest absolute Gasteiger partial charge is 0.504 e. The molecule has 2 aliphatic rings. The lowest BCUT2D eigenvalue weighted by atomic mass is 9.52. The van der Waals surface area contributed by atoms with Crippen LogP contribution in [-0.4, -0.2) is 18.0 Å². The summed E-state index contributed by atoms with van der Waals surface area (Å²) in [5, 5.41) is 10.4. The fourth-order valence-electron chi connectivity index (χ4n) is 4.27. The fraction of sp³-hybridized carbons (Fsp3) is 0.500. The van der Waals surface area contributed by atoms with Crippen LogP contribution in [-0.2, 0) is 16.6 Å². The van der Waals surface area contributed by atoms with Gasteiger partial charge in [-0.2, -0.15) is 0 Å². The zero-order chi connectivity index (χ0) is 15.4. The summed E-state index contributed by atoms with van der Waals surface area (Å²) in [4.78, 5) is 12.2. The number of carbonyl (C=O) groups excluding carboxylic acids is 1. The standard InChI is InChI=1S/C18H22O3/c1-17(2)14-8-5-11-12(6-7-13(21-4)16(11)20)18(14,3)10-9-15(17)19/h6-7,9-10,14,20H,5,8H2,1-4H3. The first kappa shape index (κ1) is 14.2. The number of fused-ring (bicyclic) bond motifs is 3. The zero-order valence-electron chi connectivity index (χ0n) is 13.1. The number of ketones is 1. The molecule has 0 saturated carbocycles. The lowest BCUT2D eigenvalue weighted by Gasteiger charge is -2.50. The Labute approximate surface area is 125 Å². The highest BCUT2D eigenvalue weighted by atomic mass is 16.5. The van der Waals surface area contributed by atoms with Gasteiger partial charge in [0.1, 0.15) is 0 Å². The van der Waals surface area contributed by atoms with E-state index >= 15 is 0 Å². The van der Waals surface area contributed by atoms with E-state index in [1.165, 1.54) is 0 Å². The second kappa shape index (κ2) is 4.36. The highest BCUT2D eigenvalue weighted by molar-refractivity contribution is 5.96. The molecule has 0 fully saturated rings. The number of carbonyl (C=O) groups is 1. The molecule has 0 heterocycles. The van der Waals surface area contributed by atoms with Crippen LogP contribution in [0.3, 0.4) is 0 Å². The van der Waals surface area contributed by atoms with Crippen molar-refractivity contribution in [3.8, 4) is 11.5 Å². The van der Waals surface area contributed by atoms with Crippen molar-refractivity contribution in [2.24, 2.45) is 11.3 Å². The molecule has 3 rings (SSSR count). The highest BCUT2D eigenvalue weighted by Crippen LogP contribution is 2.55. The van der Waals surface area contributed by atoms with Crippen LogP contribution in [0.4, 0.5) is 0 Å². The van der Waals surface area contributed by atoms with Crippen LogP contribution in [0.2, 0.25) is 0 Å². The van der Waals surface area contributed by atoms with Gasteiger partial charge >= 0.3 is 0 Å². The predicted octanol–water partition coefficient (Wildman–Crippen LogP) is 3.39. The Bertz CT molecular complexity index is 642. The van der Waals surface area contributed by atoms with Crippen molar-refractivity contribution in [2.75, 3.05) is 7.11 Å². The first-order valence-corrected chi connectivity index (χ1v) is 7.45. The SMILES string of the molecule is COc1ccc2c(c1O)CCC1C(C)(C)C(=O)C=CC21C. The Balaban J connectivity index is 2.21. The molecule has 3 heteroatoms. The van der Waals surface area contributed by atoms with E-state index in [9.17, 15) is 9.90 Å². The summed E-state index contributed by atoms with van der Waals surface area (Å²) < 4.78 is 5.22. The van der Waals surface area contributed by atoms with Crippen molar-refractivity contribution in [1.82, 2.24) is 0 Å². The van der Waals surface area contributed by atoms with Crippen molar-refractivity contribution in [1.29, 1.82) is 0 Å². The van der Waals surface area contributed by atoms with Crippen molar-refractivity contribution < 1.29 is 14.6 Å². The summed E-state index contributed by atoms with van der Waals surface area (Å²) in [7, 11) is 1.57. The molecule has 0 aromatic heterocycles. The number of phenolic OH excluding ortho intramolecular Hbond substituents is 1. The summed E-state index contributed by atoms with van der Waals surface area (Å²) in [6, 6.07) is 3.86. The minimum absolute atomic E-state index is 0.200. The number of methoxy groups -OCH3 is 1. The summed E-state index contributed by atoms with van der Waals surface area (Å²) in [6.07, 6.45) is 5.42. The third-order valence-corrected chi connectivity index (χ3v) is 5.54. The number of allylic oxidation sites excluding steroid dienone is 2. The molecule has 0 aliphatic heterocycles. The summed E-state index contributed by atoms with van der Waals surface area (Å²) in [5.74, 6) is 1.22. The van der Waals surface area contributed by atoms with Crippen molar-refractivity contribution in [3.05, 3.63) is 35.4 Å². The Kier molecular flexibility index (Phi) is 2.94. The normalized spacial score (nSPS) is 29.7. The molecule has 0 amide bonds. The number of benzene rings is 1. The topological polar surface area (TPSA) is 46.5 Å². The minimum Gasteiger partial charge on any atom is -0.504 e. The van der Waals surface area contributed by atoms with Crippen molar-refractivity contribution in [3.63, 3.8) is 0 Å². The van der Waals surface area contributed by atoms with Crippen LogP contribution in [0.1, 0.15) is 38.3 Å². The lowest BCUT2D eigenvalue weighted by Crippen LogP contribution is -2.49. The zero-order valence-corrected chi connectivity index (χ0v) is 13.1. The van der Waals surface area contributed by atoms with Crippen LogP contribution < -0.4 is 4.74 Å². The molecule has 0 saturated heterocycles. The van der Waals surface area contributed by atoms with Gasteiger partial charge in [0.2, 0.25) is 0 Å². The Hall–Kier alpha value is -1.77. The van der Waals surface area contributed by atoms with Gasteiger partial charge in [-0.3, -0.25) is 4.79 Å². The van der Waals surface area contributed by atoms with Gasteiger partial charge in [-0.1, -0.05) is 32.9 Å². The third kappa shape index (κ3) is 1.76. The van der Waals surface area contributed by atoms with Crippen LogP contribution in [0, 0.1) is 11.3 Å². The second-order valence-corrected chi connectivity index (χ2v) is 6.94. The van der Waals surface area contributed by atoms with E-state index in [0.717, 1.165) is 24.0 Å². The minimum atomic E-state index is -0.364. The van der Waals surface area contributed by atoms with Gasteiger partial charge in [0.25, 0.3) is 0 Å². The molecular weight excluding hydrogens is 264 g/mol. The maximum atomic E-state index is 12.2. The van der Waals surface area contributed by atoms with Gasteiger partial charge in [0, 0.05) is 16.4 Å². The van der Waals surface area contributed by atoms with Gasteiger partial charge in [0.15, 0.2) is 17.3 Å². The van der Waals surface area contributed by atoms with E-state index in [1.54, 1.807) is 13.2 Å². The average Bonchev–Trinajstić information content (AvgIpc) is 2.44. The molecule has 1 aromatic rings. The quantitative estimate of drug-likeness (QED) is 0.861. The molecule has 0 spiro atoms. The molecule has 1 N–H and O–H groups in total. The van der Waals surface area contributed by atoms with Crippen molar-refractivity contribution >= 4 is 5.78 Å². The molecule has 0 bridgehead atoms. The Morgan fingerprint density at radius 2 is 2.00 bits per heavy atom. The predicted molar refractivity (Wildman–Crippen MR) is 81.7 cm³/mol. The molecule has 2 aliphatic carbocycles.